The van der Waals surface area contributed by atoms with Crippen LogP contribution < -0.4 is 5.32 Å². The molecule has 0 aliphatic carbocycles. The first kappa shape index (κ1) is 12.5. The van der Waals surface area contributed by atoms with E-state index in [1.807, 2.05) is 0 Å². The van der Waals surface area contributed by atoms with E-state index in [2.05, 4.69) is 45.3 Å². The Morgan fingerprint density at radius 3 is 2.95 bits per heavy atom. The van der Waals surface area contributed by atoms with Crippen LogP contribution in [0.4, 0.5) is 0 Å². The Labute approximate surface area is 113 Å². The first-order valence-corrected chi connectivity index (χ1v) is 7.01. The third-order valence-electron chi connectivity index (χ3n) is 3.86. The Bertz CT molecular complexity index is 555. The zero-order valence-electron chi connectivity index (χ0n) is 11.3. The molecular formula is C15H20N4. The van der Waals surface area contributed by atoms with Gasteiger partial charge < -0.3 is 5.32 Å². The number of hydrogen-bond donors (Lipinski definition) is 1. The van der Waals surface area contributed by atoms with Crippen LogP contribution in [0.1, 0.15) is 18.9 Å². The fraction of sp³-hybridized carbons (Fsp3) is 0.467. The number of nitrogens with one attached hydrogen (secondary N) is 1. The molecule has 1 saturated heterocycles. The summed E-state index contributed by atoms with van der Waals surface area (Å²) in [5.74, 6) is 0. The van der Waals surface area contributed by atoms with E-state index < -0.39 is 0 Å². The molecule has 19 heavy (non-hydrogen) atoms. The highest BCUT2D eigenvalue weighted by atomic mass is 15.2. The molecule has 1 aromatic carbocycles. The van der Waals surface area contributed by atoms with Crippen molar-refractivity contribution >= 4 is 11.0 Å². The molecule has 1 aliphatic rings. The maximum absolute atomic E-state index is 4.38. The van der Waals surface area contributed by atoms with Crippen molar-refractivity contribution in [2.45, 2.75) is 25.9 Å². The summed E-state index contributed by atoms with van der Waals surface area (Å²) in [5.41, 5.74) is 3.29. The van der Waals surface area contributed by atoms with E-state index in [0.29, 0.717) is 6.04 Å². The van der Waals surface area contributed by atoms with Gasteiger partial charge in [-0.1, -0.05) is 13.0 Å². The van der Waals surface area contributed by atoms with E-state index in [9.17, 15) is 0 Å². The minimum atomic E-state index is 0.645. The van der Waals surface area contributed by atoms with Crippen molar-refractivity contribution in [3.8, 4) is 0 Å². The van der Waals surface area contributed by atoms with Crippen LogP contribution in [0.5, 0.6) is 0 Å². The summed E-state index contributed by atoms with van der Waals surface area (Å²) in [4.78, 5) is 11.3. The molecule has 4 nitrogen and oxygen atoms in total. The number of fused-ring (bicyclic) bond motifs is 1. The molecule has 0 radical (unpaired) electrons. The molecule has 0 spiro atoms. The maximum Gasteiger partial charge on any atom is 0.0890 e. The van der Waals surface area contributed by atoms with Crippen molar-refractivity contribution in [3.05, 3.63) is 36.2 Å². The highest BCUT2D eigenvalue weighted by molar-refractivity contribution is 5.74. The van der Waals surface area contributed by atoms with Gasteiger partial charge in [-0.2, -0.15) is 0 Å². The van der Waals surface area contributed by atoms with Gasteiger partial charge in [0.2, 0.25) is 0 Å². The SMILES string of the molecule is CC[C@H]1CNCCN1Cc1ccc2nccnc2c1. The predicted molar refractivity (Wildman–Crippen MR) is 76.9 cm³/mol. The van der Waals surface area contributed by atoms with Crippen LogP contribution in [0.15, 0.2) is 30.6 Å². The van der Waals surface area contributed by atoms with E-state index in [1.165, 1.54) is 12.0 Å². The zero-order valence-corrected chi connectivity index (χ0v) is 11.3. The van der Waals surface area contributed by atoms with Gasteiger partial charge in [-0.05, 0) is 24.1 Å². The van der Waals surface area contributed by atoms with Gasteiger partial charge in [0.1, 0.15) is 0 Å². The summed E-state index contributed by atoms with van der Waals surface area (Å²) in [6.07, 6.45) is 4.69. The van der Waals surface area contributed by atoms with Gasteiger partial charge >= 0.3 is 0 Å². The van der Waals surface area contributed by atoms with Crippen molar-refractivity contribution in [3.63, 3.8) is 0 Å². The van der Waals surface area contributed by atoms with E-state index in [1.54, 1.807) is 12.4 Å². The van der Waals surface area contributed by atoms with Gasteiger partial charge in [0.25, 0.3) is 0 Å². The van der Waals surface area contributed by atoms with Gasteiger partial charge in [0, 0.05) is 44.6 Å². The lowest BCUT2D eigenvalue weighted by atomic mass is 10.1. The van der Waals surface area contributed by atoms with Crippen molar-refractivity contribution < 1.29 is 0 Å². The summed E-state index contributed by atoms with van der Waals surface area (Å²) in [6.45, 7) is 6.58. The van der Waals surface area contributed by atoms with Crippen molar-refractivity contribution in [1.82, 2.24) is 20.2 Å². The summed E-state index contributed by atoms with van der Waals surface area (Å²) in [6, 6.07) is 7.05. The van der Waals surface area contributed by atoms with Crippen LogP contribution in [0.3, 0.4) is 0 Å². The van der Waals surface area contributed by atoms with Gasteiger partial charge in [-0.25, -0.2) is 0 Å². The van der Waals surface area contributed by atoms with E-state index in [4.69, 9.17) is 0 Å². The van der Waals surface area contributed by atoms with Crippen LogP contribution in [-0.2, 0) is 6.54 Å². The minimum Gasteiger partial charge on any atom is -0.314 e. The third-order valence-corrected chi connectivity index (χ3v) is 3.86. The summed E-state index contributed by atoms with van der Waals surface area (Å²) in [7, 11) is 0. The smallest absolute Gasteiger partial charge is 0.0890 e. The van der Waals surface area contributed by atoms with Crippen LogP contribution in [-0.4, -0.2) is 40.5 Å². The second kappa shape index (κ2) is 5.63. The highest BCUT2D eigenvalue weighted by Crippen LogP contribution is 2.16. The van der Waals surface area contributed by atoms with Gasteiger partial charge in [-0.3, -0.25) is 14.9 Å². The number of benzene rings is 1. The molecule has 1 atom stereocenters. The second-order valence-corrected chi connectivity index (χ2v) is 5.12. The van der Waals surface area contributed by atoms with Gasteiger partial charge in [0.15, 0.2) is 0 Å². The topological polar surface area (TPSA) is 41.0 Å². The van der Waals surface area contributed by atoms with Crippen LogP contribution in [0.25, 0.3) is 11.0 Å². The Morgan fingerprint density at radius 2 is 2.11 bits per heavy atom. The zero-order chi connectivity index (χ0) is 13.1. The molecule has 3 rings (SSSR count). The van der Waals surface area contributed by atoms with Crippen molar-refractivity contribution in [2.24, 2.45) is 0 Å². The third kappa shape index (κ3) is 2.74. The molecule has 0 unspecified atom stereocenters. The summed E-state index contributed by atoms with van der Waals surface area (Å²) in [5, 5.41) is 3.47. The van der Waals surface area contributed by atoms with E-state index >= 15 is 0 Å². The normalized spacial score (nSPS) is 20.8. The van der Waals surface area contributed by atoms with Crippen LogP contribution in [0.2, 0.25) is 0 Å². The summed E-state index contributed by atoms with van der Waals surface area (Å²) >= 11 is 0. The van der Waals surface area contributed by atoms with E-state index in [0.717, 1.165) is 37.2 Å². The minimum absolute atomic E-state index is 0.645. The molecule has 4 heteroatoms. The van der Waals surface area contributed by atoms with E-state index in [-0.39, 0.29) is 0 Å². The maximum atomic E-state index is 4.38. The standard InChI is InChI=1S/C15H20N4/c1-2-13-10-16-7-8-19(13)11-12-3-4-14-15(9-12)18-6-5-17-14/h3-6,9,13,16H,2,7-8,10-11H2,1H3/t13-/m0/s1. The largest absolute Gasteiger partial charge is 0.314 e. The Balaban J connectivity index is 1.80. The quantitative estimate of drug-likeness (QED) is 0.909. The number of piperazine rings is 1. The Morgan fingerprint density at radius 1 is 1.26 bits per heavy atom. The monoisotopic (exact) mass is 256 g/mol. The van der Waals surface area contributed by atoms with Crippen molar-refractivity contribution in [2.75, 3.05) is 19.6 Å². The molecular weight excluding hydrogens is 236 g/mol. The fourth-order valence-electron chi connectivity index (χ4n) is 2.76. The second-order valence-electron chi connectivity index (χ2n) is 5.12. The highest BCUT2D eigenvalue weighted by Gasteiger charge is 2.20. The van der Waals surface area contributed by atoms with Crippen molar-refractivity contribution in [1.29, 1.82) is 0 Å². The lowest BCUT2D eigenvalue weighted by molar-refractivity contribution is 0.149. The molecule has 0 saturated carbocycles. The number of rotatable bonds is 3. The Hall–Kier alpha value is -1.52. The molecule has 1 fully saturated rings. The first-order valence-electron chi connectivity index (χ1n) is 7.01. The Kier molecular flexibility index (Phi) is 3.71. The molecule has 1 aromatic heterocycles. The first-order chi connectivity index (χ1) is 9.36. The lowest BCUT2D eigenvalue weighted by Crippen LogP contribution is -2.50. The molecule has 100 valence electrons. The fourth-order valence-corrected chi connectivity index (χ4v) is 2.76. The molecule has 1 N–H and O–H groups in total. The number of aromatic nitrogens is 2. The average Bonchev–Trinajstić information content (AvgIpc) is 2.48. The molecule has 2 aromatic rings. The average molecular weight is 256 g/mol. The van der Waals surface area contributed by atoms with Gasteiger partial charge in [-0.15, -0.1) is 0 Å². The molecule has 0 bridgehead atoms. The number of hydrogen-bond acceptors (Lipinski definition) is 4. The summed E-state index contributed by atoms with van der Waals surface area (Å²) < 4.78 is 0. The number of nitrogens with zero attached hydrogens (tertiary/aromatic N) is 3. The molecule has 1 aliphatic heterocycles. The lowest BCUT2D eigenvalue weighted by Gasteiger charge is -2.35. The van der Waals surface area contributed by atoms with Crippen LogP contribution in [0, 0.1) is 0 Å². The molecule has 0 amide bonds. The molecule has 2 heterocycles. The van der Waals surface area contributed by atoms with Gasteiger partial charge in [0.05, 0.1) is 11.0 Å². The van der Waals surface area contributed by atoms with Crippen LogP contribution >= 0.6 is 0 Å². The predicted octanol–water partition coefficient (Wildman–Crippen LogP) is 1.81.